The molecule has 3 amide bonds. The van der Waals surface area contributed by atoms with E-state index in [1.807, 2.05) is 126 Å². The molecule has 2 fully saturated rings. The van der Waals surface area contributed by atoms with Crippen LogP contribution in [-0.2, 0) is 38.6 Å². The van der Waals surface area contributed by atoms with Gasteiger partial charge in [-0.3, -0.25) is 24.0 Å². The summed E-state index contributed by atoms with van der Waals surface area (Å²) in [7, 11) is 0. The lowest BCUT2D eigenvalue weighted by Crippen LogP contribution is -2.50. The zero-order chi connectivity index (χ0) is 58.7. The number of nitrogens with zero attached hydrogens (tertiary/aromatic N) is 3. The fraction of sp³-hybridized carbons (Fsp3) is 0.455. The largest absolute Gasteiger partial charge is 0.494 e. The van der Waals surface area contributed by atoms with Gasteiger partial charge in [-0.1, -0.05) is 62.4 Å². The highest BCUT2D eigenvalue weighted by Gasteiger charge is 2.47. The number of benzene rings is 4. The molecule has 4 heterocycles. The van der Waals surface area contributed by atoms with Crippen LogP contribution in [0.4, 0.5) is 5.69 Å². The van der Waals surface area contributed by atoms with Crippen molar-refractivity contribution < 1.29 is 43.2 Å². The lowest BCUT2D eigenvalue weighted by Gasteiger charge is -2.37. The van der Waals surface area contributed by atoms with E-state index in [0.717, 1.165) is 105 Å². The number of likely N-dealkylation sites (tertiary alicyclic amines) is 1. The molecule has 83 heavy (non-hydrogen) atoms. The zero-order valence-electron chi connectivity index (χ0n) is 49.0. The van der Waals surface area contributed by atoms with E-state index in [0.29, 0.717) is 61.9 Å². The maximum absolute atomic E-state index is 14.4. The molecule has 440 valence electrons. The fourth-order valence-electron chi connectivity index (χ4n) is 12.1. The molecule has 0 spiro atoms. The molecule has 0 radical (unpaired) electrons. The molecule has 4 aromatic carbocycles. The first kappa shape index (κ1) is 60.4. The van der Waals surface area contributed by atoms with Crippen LogP contribution in [0.1, 0.15) is 119 Å². The molecule has 2 aliphatic heterocycles. The molecule has 16 nitrogen and oxygen atoms in total. The Morgan fingerprint density at radius 1 is 0.855 bits per heavy atom. The summed E-state index contributed by atoms with van der Waals surface area (Å²) in [6.45, 7) is 17.9. The predicted octanol–water partition coefficient (Wildman–Crippen LogP) is 9.88. The number of aryl methyl sites for hydroxylation is 3. The second-order valence-corrected chi connectivity index (χ2v) is 23.5. The Morgan fingerprint density at radius 3 is 2.34 bits per heavy atom. The van der Waals surface area contributed by atoms with E-state index < -0.39 is 24.0 Å². The third-order valence-corrected chi connectivity index (χ3v) is 17.6. The molecule has 3 aliphatic rings. The average molecular weight is 1150 g/mol. The van der Waals surface area contributed by atoms with E-state index >= 15 is 0 Å². The van der Waals surface area contributed by atoms with E-state index in [2.05, 4.69) is 38.5 Å². The highest BCUT2D eigenvalue weighted by atomic mass is 32.1. The van der Waals surface area contributed by atoms with E-state index in [1.54, 1.807) is 11.3 Å². The quantitative estimate of drug-likeness (QED) is 0.0396. The minimum atomic E-state index is -0.888. The predicted molar refractivity (Wildman–Crippen MR) is 323 cm³/mol. The number of anilines is 1. The lowest BCUT2D eigenvalue weighted by atomic mass is 9.79. The topological polar surface area (TPSA) is 202 Å². The maximum Gasteiger partial charge on any atom is 0.253 e. The SMILES string of the molecule is CCN(c1cc(-c2ccc(OCCCCCOCCOc3cc(-c4scnc4C)ccc3CNC(=O)C3C[C@@H](O)CN3C(=O)C(C(C)C)C3Cc4ccccc4C3=O)cc2)cc(C(=O)NCc2c(C)cc(C)[nH]c2=O)c1C)C1CCOCC1. The van der Waals surface area contributed by atoms with Crippen LogP contribution in [0.2, 0.25) is 0 Å². The Labute approximate surface area is 491 Å². The fourth-order valence-corrected chi connectivity index (χ4v) is 13.0. The Balaban J connectivity index is 0.754. The zero-order valence-corrected chi connectivity index (χ0v) is 49.8. The third-order valence-electron chi connectivity index (χ3n) is 16.6. The van der Waals surface area contributed by atoms with E-state index in [1.165, 1.54) is 4.90 Å². The summed E-state index contributed by atoms with van der Waals surface area (Å²) < 4.78 is 24.2. The average Bonchev–Trinajstić information content (AvgIpc) is 3.33. The number of aromatic amines is 1. The van der Waals surface area contributed by atoms with Crippen LogP contribution in [0.25, 0.3) is 21.6 Å². The van der Waals surface area contributed by atoms with Crippen LogP contribution in [0.15, 0.2) is 95.2 Å². The molecule has 1 aliphatic carbocycles. The minimum absolute atomic E-state index is 0.0240. The van der Waals surface area contributed by atoms with Gasteiger partial charge in [-0.15, -0.1) is 11.3 Å². The highest BCUT2D eigenvalue weighted by Crippen LogP contribution is 2.39. The number of carbonyl (C=O) groups excluding carboxylic acids is 4. The number of Topliss-reactive ketones (excluding diaryl/α,β-unsaturated/α-hetero) is 1. The number of ketones is 1. The Kier molecular flexibility index (Phi) is 20.3. The van der Waals surface area contributed by atoms with Gasteiger partial charge in [0, 0.05) is 98.0 Å². The molecule has 4 atom stereocenters. The number of pyridine rings is 1. The minimum Gasteiger partial charge on any atom is -0.494 e. The van der Waals surface area contributed by atoms with Gasteiger partial charge in [-0.05, 0) is 149 Å². The summed E-state index contributed by atoms with van der Waals surface area (Å²) >= 11 is 1.54. The molecule has 3 unspecified atom stereocenters. The Hall–Kier alpha value is -7.18. The number of thiazole rings is 1. The van der Waals surface area contributed by atoms with Crippen LogP contribution in [0.5, 0.6) is 11.5 Å². The van der Waals surface area contributed by atoms with Gasteiger partial charge in [0.2, 0.25) is 11.8 Å². The van der Waals surface area contributed by atoms with Crippen LogP contribution in [-0.4, -0.2) is 114 Å². The van der Waals surface area contributed by atoms with Crippen molar-refractivity contribution in [3.8, 4) is 33.1 Å². The van der Waals surface area contributed by atoms with Crippen molar-refractivity contribution in [2.45, 2.75) is 125 Å². The molecule has 6 aromatic rings. The monoisotopic (exact) mass is 1150 g/mol. The van der Waals surface area contributed by atoms with Gasteiger partial charge in [0.1, 0.15) is 24.1 Å². The molecule has 2 saturated heterocycles. The molecule has 2 aromatic heterocycles. The molecular weight excluding hydrogens is 1070 g/mol. The van der Waals surface area contributed by atoms with Gasteiger partial charge in [0.25, 0.3) is 11.5 Å². The van der Waals surface area contributed by atoms with Crippen molar-refractivity contribution in [3.63, 3.8) is 0 Å². The van der Waals surface area contributed by atoms with Gasteiger partial charge >= 0.3 is 0 Å². The number of H-pyrrole nitrogens is 1. The van der Waals surface area contributed by atoms with Crippen LogP contribution in [0.3, 0.4) is 0 Å². The number of aliphatic hydroxyl groups excluding tert-OH is 1. The van der Waals surface area contributed by atoms with Gasteiger partial charge in [-0.2, -0.15) is 0 Å². The molecular formula is C66H80N6O10S. The molecule has 9 rings (SSSR count). The number of hydrogen-bond donors (Lipinski definition) is 4. The maximum atomic E-state index is 14.4. The van der Waals surface area contributed by atoms with E-state index in [4.69, 9.17) is 18.9 Å². The summed E-state index contributed by atoms with van der Waals surface area (Å²) in [5.41, 5.74) is 12.3. The van der Waals surface area contributed by atoms with Gasteiger partial charge in [0.05, 0.1) is 41.3 Å². The van der Waals surface area contributed by atoms with Crippen LogP contribution >= 0.6 is 11.3 Å². The number of aliphatic hydroxyl groups is 1. The summed E-state index contributed by atoms with van der Waals surface area (Å²) in [6, 6.07) is 26.8. The number of β-amino-alcohol motifs (C(OH)–C–C–N with tert-alkyl or cyclic N) is 1. The van der Waals surface area contributed by atoms with Gasteiger partial charge in [-0.25, -0.2) is 4.98 Å². The summed E-state index contributed by atoms with van der Waals surface area (Å²) in [5.74, 6) is -0.908. The Bertz CT molecular complexity index is 3310. The number of unbranched alkanes of at least 4 members (excludes halogenated alkanes) is 2. The number of aromatic nitrogens is 2. The number of rotatable bonds is 25. The van der Waals surface area contributed by atoms with Crippen molar-refractivity contribution in [1.82, 2.24) is 25.5 Å². The third kappa shape index (κ3) is 14.4. The number of amides is 3. The first-order valence-electron chi connectivity index (χ1n) is 29.4. The number of carbonyl (C=O) groups is 4. The van der Waals surface area contributed by atoms with Crippen molar-refractivity contribution in [2.24, 2.45) is 17.8 Å². The summed E-state index contributed by atoms with van der Waals surface area (Å²) in [4.78, 5) is 81.0. The van der Waals surface area contributed by atoms with E-state index in [9.17, 15) is 29.1 Å². The van der Waals surface area contributed by atoms with Gasteiger partial charge < -0.3 is 49.5 Å². The Morgan fingerprint density at radius 2 is 1.61 bits per heavy atom. The highest BCUT2D eigenvalue weighted by molar-refractivity contribution is 7.13. The van der Waals surface area contributed by atoms with Crippen molar-refractivity contribution in [1.29, 1.82) is 0 Å². The number of fused-ring (bicyclic) bond motifs is 1. The number of nitrogens with one attached hydrogen (secondary N) is 3. The molecule has 0 bridgehead atoms. The first-order chi connectivity index (χ1) is 40.1. The van der Waals surface area contributed by atoms with Crippen molar-refractivity contribution >= 4 is 40.5 Å². The summed E-state index contributed by atoms with van der Waals surface area (Å²) in [6.07, 6.45) is 4.11. The number of ether oxygens (including phenoxy) is 4. The molecule has 0 saturated carbocycles. The molecule has 4 N–H and O–H groups in total. The normalized spacial score (nSPS) is 17.4. The lowest BCUT2D eigenvalue weighted by molar-refractivity contribution is -0.144. The van der Waals surface area contributed by atoms with Crippen molar-refractivity contribution in [2.75, 3.05) is 57.6 Å². The standard InChI is InChI=1S/C66H80N6O10S/c1-8-71(50-22-26-80-27-23-50)57-33-49(32-54(43(57)6)63(75)68-37-56-41(4)30-42(5)70-64(56)76)45-18-20-52(21-19-45)81-25-13-9-12-24-79-28-29-82-59-34-47(62-44(7)69-39-83-62)16-17-48(59)36-67-65(77)58-35-51(73)38-72(58)66(78)60(40(2)3)55-31-46-14-10-11-15-53(46)61(55)74/h10-11,14-21,30,32-34,39-40,50-51,55,58,60,73H,8-9,12-13,22-29,31,35-38H2,1-7H3,(H,67,77)(H,68,75)(H,70,76)/t51-,55?,58?,60?/m1/s1. The molecule has 17 heteroatoms. The summed E-state index contributed by atoms with van der Waals surface area (Å²) in [5, 5.41) is 16.9. The van der Waals surface area contributed by atoms with E-state index in [-0.39, 0.29) is 73.7 Å². The van der Waals surface area contributed by atoms with Crippen molar-refractivity contribution in [3.05, 3.63) is 151 Å². The smallest absolute Gasteiger partial charge is 0.253 e. The second kappa shape index (κ2) is 27.9. The number of hydrogen-bond acceptors (Lipinski definition) is 13. The first-order valence-corrected chi connectivity index (χ1v) is 30.3. The van der Waals surface area contributed by atoms with Crippen LogP contribution in [0, 0.1) is 45.4 Å². The van der Waals surface area contributed by atoms with Crippen LogP contribution < -0.4 is 30.6 Å². The van der Waals surface area contributed by atoms with Gasteiger partial charge in [0.15, 0.2) is 5.78 Å². The second-order valence-electron chi connectivity index (χ2n) is 22.6.